The number of hydrogen-bond donors (Lipinski definition) is 1. The van der Waals surface area contributed by atoms with Crippen LogP contribution in [0.15, 0.2) is 0 Å². The van der Waals surface area contributed by atoms with Crippen LogP contribution in [0.2, 0.25) is 0 Å². The van der Waals surface area contributed by atoms with Crippen molar-refractivity contribution in [3.8, 4) is 0 Å². The van der Waals surface area contributed by atoms with Gasteiger partial charge in [-0.05, 0) is 32.9 Å². The molecule has 1 aliphatic heterocycles. The number of thioether (sulfide) groups is 1. The van der Waals surface area contributed by atoms with Gasteiger partial charge in [0, 0.05) is 36.5 Å². The molecule has 1 saturated heterocycles. The Kier molecular flexibility index (Phi) is 2.84. The van der Waals surface area contributed by atoms with E-state index >= 15 is 0 Å². The maximum Gasteiger partial charge on any atom is 0.0285 e. The number of nitrogens with one attached hydrogen (secondary N) is 1. The topological polar surface area (TPSA) is 15.3 Å². The first kappa shape index (κ1) is 10.8. The Labute approximate surface area is 91.8 Å². The lowest BCUT2D eigenvalue weighted by molar-refractivity contribution is 0.153. The van der Waals surface area contributed by atoms with Gasteiger partial charge in [-0.1, -0.05) is 0 Å². The minimum absolute atomic E-state index is 0.312. The van der Waals surface area contributed by atoms with E-state index in [2.05, 4.69) is 42.1 Å². The highest BCUT2D eigenvalue weighted by Crippen LogP contribution is 2.47. The SMILES string of the molecule is CSC1(CN2CCNC(C)(C)C2)CC1. The Balaban J connectivity index is 1.86. The molecule has 82 valence electrons. The minimum atomic E-state index is 0.312. The van der Waals surface area contributed by atoms with Gasteiger partial charge in [-0.25, -0.2) is 0 Å². The second-order valence-electron chi connectivity index (χ2n) is 5.41. The van der Waals surface area contributed by atoms with Gasteiger partial charge < -0.3 is 5.32 Å². The van der Waals surface area contributed by atoms with E-state index in [4.69, 9.17) is 0 Å². The number of hydrogen-bond acceptors (Lipinski definition) is 3. The highest BCUT2D eigenvalue weighted by Gasteiger charge is 2.44. The predicted octanol–water partition coefficient (Wildman–Crippen LogP) is 1.57. The standard InChI is InChI=1S/C11H22N2S/c1-10(2)8-13(7-6-12-10)9-11(14-3)4-5-11/h12H,4-9H2,1-3H3. The van der Waals surface area contributed by atoms with Gasteiger partial charge in [0.25, 0.3) is 0 Å². The van der Waals surface area contributed by atoms with Crippen LogP contribution in [0.4, 0.5) is 0 Å². The molecule has 0 aromatic rings. The number of piperazine rings is 1. The van der Waals surface area contributed by atoms with E-state index in [0.29, 0.717) is 10.3 Å². The second-order valence-corrected chi connectivity index (χ2v) is 6.68. The molecule has 3 heteroatoms. The van der Waals surface area contributed by atoms with Crippen molar-refractivity contribution in [3.05, 3.63) is 0 Å². The molecule has 2 nitrogen and oxygen atoms in total. The lowest BCUT2D eigenvalue weighted by atomic mass is 10.0. The molecule has 0 aromatic carbocycles. The number of rotatable bonds is 3. The van der Waals surface area contributed by atoms with Crippen LogP contribution in [0.5, 0.6) is 0 Å². The summed E-state index contributed by atoms with van der Waals surface area (Å²) < 4.78 is 0.632. The zero-order chi connectivity index (χ0) is 10.2. The Hall–Kier alpha value is 0.270. The minimum Gasteiger partial charge on any atom is -0.309 e. The van der Waals surface area contributed by atoms with Gasteiger partial charge >= 0.3 is 0 Å². The van der Waals surface area contributed by atoms with E-state index in [9.17, 15) is 0 Å². The number of nitrogens with zero attached hydrogens (tertiary/aromatic N) is 1. The summed E-state index contributed by atoms with van der Waals surface area (Å²) >= 11 is 2.07. The summed E-state index contributed by atoms with van der Waals surface area (Å²) in [4.78, 5) is 2.64. The molecular formula is C11H22N2S. The van der Waals surface area contributed by atoms with Crippen LogP contribution < -0.4 is 5.32 Å². The summed E-state index contributed by atoms with van der Waals surface area (Å²) in [6, 6.07) is 0. The van der Waals surface area contributed by atoms with E-state index in [0.717, 1.165) is 6.54 Å². The monoisotopic (exact) mass is 214 g/mol. The summed E-state index contributed by atoms with van der Waals surface area (Å²) in [6.07, 6.45) is 5.12. The van der Waals surface area contributed by atoms with Crippen molar-refractivity contribution < 1.29 is 0 Å². The van der Waals surface area contributed by atoms with E-state index < -0.39 is 0 Å². The summed E-state index contributed by atoms with van der Waals surface area (Å²) in [5, 5.41) is 3.56. The molecular weight excluding hydrogens is 192 g/mol. The van der Waals surface area contributed by atoms with E-state index in [1.54, 1.807) is 0 Å². The zero-order valence-corrected chi connectivity index (χ0v) is 10.4. The second kappa shape index (κ2) is 3.69. The van der Waals surface area contributed by atoms with Gasteiger partial charge in [0.2, 0.25) is 0 Å². The van der Waals surface area contributed by atoms with Crippen molar-refractivity contribution in [1.29, 1.82) is 0 Å². The fourth-order valence-electron chi connectivity index (χ4n) is 2.36. The Morgan fingerprint density at radius 1 is 1.36 bits per heavy atom. The first-order valence-electron chi connectivity index (χ1n) is 5.58. The third-order valence-electron chi connectivity index (χ3n) is 3.40. The van der Waals surface area contributed by atoms with Gasteiger partial charge in [0.15, 0.2) is 0 Å². The first-order valence-corrected chi connectivity index (χ1v) is 6.80. The fourth-order valence-corrected chi connectivity index (χ4v) is 3.18. The van der Waals surface area contributed by atoms with Crippen molar-refractivity contribution in [2.75, 3.05) is 32.4 Å². The van der Waals surface area contributed by atoms with Gasteiger partial charge in [0.1, 0.15) is 0 Å². The average Bonchev–Trinajstić information content (AvgIpc) is 2.84. The Morgan fingerprint density at radius 3 is 2.57 bits per heavy atom. The van der Waals surface area contributed by atoms with E-state index in [-0.39, 0.29) is 0 Å². The van der Waals surface area contributed by atoms with Crippen LogP contribution in [0, 0.1) is 0 Å². The molecule has 0 bridgehead atoms. The van der Waals surface area contributed by atoms with Gasteiger partial charge in [0.05, 0.1) is 0 Å². The van der Waals surface area contributed by atoms with E-state index in [1.807, 2.05) is 0 Å². The molecule has 1 N–H and O–H groups in total. The highest BCUT2D eigenvalue weighted by molar-refractivity contribution is 8.00. The molecule has 0 unspecified atom stereocenters. The Morgan fingerprint density at radius 2 is 2.07 bits per heavy atom. The normalized spacial score (nSPS) is 30.2. The summed E-state index contributed by atoms with van der Waals surface area (Å²) in [5.74, 6) is 0. The molecule has 0 atom stereocenters. The lowest BCUT2D eigenvalue weighted by Gasteiger charge is -2.40. The quantitative estimate of drug-likeness (QED) is 0.768. The van der Waals surface area contributed by atoms with Crippen LogP contribution in [-0.4, -0.2) is 47.6 Å². The highest BCUT2D eigenvalue weighted by atomic mass is 32.2. The lowest BCUT2D eigenvalue weighted by Crippen LogP contribution is -2.58. The average molecular weight is 214 g/mol. The van der Waals surface area contributed by atoms with E-state index in [1.165, 1.54) is 32.5 Å². The van der Waals surface area contributed by atoms with Crippen LogP contribution >= 0.6 is 11.8 Å². The fraction of sp³-hybridized carbons (Fsp3) is 1.00. The third-order valence-corrected chi connectivity index (χ3v) is 4.81. The molecule has 0 aromatic heterocycles. The van der Waals surface area contributed by atoms with Crippen LogP contribution in [0.3, 0.4) is 0 Å². The molecule has 1 saturated carbocycles. The molecule has 1 aliphatic carbocycles. The third kappa shape index (κ3) is 2.44. The maximum atomic E-state index is 3.56. The maximum absolute atomic E-state index is 3.56. The van der Waals surface area contributed by atoms with Crippen molar-refractivity contribution >= 4 is 11.8 Å². The van der Waals surface area contributed by atoms with Crippen LogP contribution in [0.25, 0.3) is 0 Å². The van der Waals surface area contributed by atoms with Gasteiger partial charge in [-0.3, -0.25) is 4.90 Å². The molecule has 2 fully saturated rings. The Bertz CT molecular complexity index is 211. The molecule has 14 heavy (non-hydrogen) atoms. The van der Waals surface area contributed by atoms with Crippen molar-refractivity contribution in [1.82, 2.24) is 10.2 Å². The van der Waals surface area contributed by atoms with Crippen LogP contribution in [-0.2, 0) is 0 Å². The molecule has 2 rings (SSSR count). The molecule has 1 heterocycles. The van der Waals surface area contributed by atoms with Crippen molar-refractivity contribution in [3.63, 3.8) is 0 Å². The van der Waals surface area contributed by atoms with Crippen molar-refractivity contribution in [2.24, 2.45) is 0 Å². The molecule has 2 aliphatic rings. The molecule has 0 radical (unpaired) electrons. The zero-order valence-electron chi connectivity index (χ0n) is 9.60. The van der Waals surface area contributed by atoms with Gasteiger partial charge in [-0.15, -0.1) is 0 Å². The van der Waals surface area contributed by atoms with Gasteiger partial charge in [-0.2, -0.15) is 11.8 Å². The summed E-state index contributed by atoms with van der Waals surface area (Å²) in [5.41, 5.74) is 0.312. The summed E-state index contributed by atoms with van der Waals surface area (Å²) in [6.45, 7) is 9.49. The largest absolute Gasteiger partial charge is 0.309 e. The van der Waals surface area contributed by atoms with Crippen molar-refractivity contribution in [2.45, 2.75) is 37.0 Å². The first-order chi connectivity index (χ1) is 6.55. The summed E-state index contributed by atoms with van der Waals surface area (Å²) in [7, 11) is 0. The molecule has 0 amide bonds. The smallest absolute Gasteiger partial charge is 0.0285 e. The molecule has 0 spiro atoms. The predicted molar refractivity (Wildman–Crippen MR) is 64.0 cm³/mol. The van der Waals surface area contributed by atoms with Crippen LogP contribution in [0.1, 0.15) is 26.7 Å².